The third-order valence-electron chi connectivity index (χ3n) is 5.65. The van der Waals surface area contributed by atoms with Crippen LogP contribution in [-0.4, -0.2) is 30.5 Å². The molecule has 0 unspecified atom stereocenters. The zero-order valence-electron chi connectivity index (χ0n) is 16.2. The van der Waals surface area contributed by atoms with Gasteiger partial charge in [-0.2, -0.15) is 0 Å². The zero-order chi connectivity index (χ0) is 18.9. The molecule has 2 fully saturated rings. The topological polar surface area (TPSA) is 67.4 Å². The fourth-order valence-electron chi connectivity index (χ4n) is 4.13. The predicted octanol–water partition coefficient (Wildman–Crippen LogP) is 3.97. The monoisotopic (exact) mass is 372 g/mol. The minimum Gasteiger partial charge on any atom is -0.483 e. The van der Waals surface area contributed by atoms with Crippen molar-refractivity contribution >= 4 is 11.8 Å². The van der Waals surface area contributed by atoms with Crippen molar-refractivity contribution in [3.05, 3.63) is 29.8 Å². The third kappa shape index (κ3) is 6.26. The summed E-state index contributed by atoms with van der Waals surface area (Å²) >= 11 is 0. The highest BCUT2D eigenvalue weighted by Gasteiger charge is 2.20. The van der Waals surface area contributed by atoms with E-state index in [0.717, 1.165) is 25.7 Å². The normalized spacial score (nSPS) is 19.1. The van der Waals surface area contributed by atoms with Gasteiger partial charge in [-0.15, -0.1) is 0 Å². The van der Waals surface area contributed by atoms with Crippen LogP contribution < -0.4 is 15.4 Å². The van der Waals surface area contributed by atoms with Crippen LogP contribution in [0.25, 0.3) is 0 Å². The van der Waals surface area contributed by atoms with Crippen molar-refractivity contribution in [3.8, 4) is 5.75 Å². The Hall–Kier alpha value is -2.04. The summed E-state index contributed by atoms with van der Waals surface area (Å²) in [6, 6.07) is 7.67. The van der Waals surface area contributed by atoms with Crippen LogP contribution in [0.2, 0.25) is 0 Å². The van der Waals surface area contributed by atoms with E-state index in [0.29, 0.717) is 11.3 Å². The first kappa shape index (κ1) is 19.7. The van der Waals surface area contributed by atoms with E-state index in [1.54, 1.807) is 12.1 Å². The lowest BCUT2D eigenvalue weighted by Crippen LogP contribution is -2.38. The number of para-hydroxylation sites is 1. The van der Waals surface area contributed by atoms with Crippen molar-refractivity contribution in [2.75, 3.05) is 6.61 Å². The summed E-state index contributed by atoms with van der Waals surface area (Å²) < 4.78 is 5.71. The Balaban J connectivity index is 1.51. The minimum absolute atomic E-state index is 0.0514. The van der Waals surface area contributed by atoms with Gasteiger partial charge in [0.05, 0.1) is 5.56 Å². The molecular weight excluding hydrogens is 340 g/mol. The molecule has 0 radical (unpaired) electrons. The first-order valence-electron chi connectivity index (χ1n) is 10.5. The van der Waals surface area contributed by atoms with Gasteiger partial charge in [-0.25, -0.2) is 0 Å². The molecule has 0 saturated heterocycles. The summed E-state index contributed by atoms with van der Waals surface area (Å²) in [7, 11) is 0. The number of hydrogen-bond acceptors (Lipinski definition) is 3. The SMILES string of the molecule is O=C(COc1ccccc1C(=O)NC1CCCC1)NC1CCCCCCC1. The van der Waals surface area contributed by atoms with E-state index in [4.69, 9.17) is 4.74 Å². The Bertz CT molecular complexity index is 618. The molecule has 2 aliphatic carbocycles. The van der Waals surface area contributed by atoms with Crippen molar-refractivity contribution in [3.63, 3.8) is 0 Å². The summed E-state index contributed by atoms with van der Waals surface area (Å²) in [6.45, 7) is -0.0514. The zero-order valence-corrected chi connectivity index (χ0v) is 16.2. The van der Waals surface area contributed by atoms with Crippen molar-refractivity contribution in [1.82, 2.24) is 10.6 Å². The van der Waals surface area contributed by atoms with Crippen LogP contribution in [-0.2, 0) is 4.79 Å². The Morgan fingerprint density at radius 3 is 2.07 bits per heavy atom. The van der Waals surface area contributed by atoms with Gasteiger partial charge in [0, 0.05) is 12.1 Å². The number of carbonyl (C=O) groups excluding carboxylic acids is 2. The second kappa shape index (κ2) is 10.3. The standard InChI is InChI=1S/C22H32N2O3/c25-21(23-17-10-4-2-1-3-5-11-17)16-27-20-15-9-8-14-19(20)22(26)24-18-12-6-7-13-18/h8-9,14-15,17-18H,1-7,10-13,16H2,(H,23,25)(H,24,26). The number of hydrogen-bond donors (Lipinski definition) is 2. The summed E-state index contributed by atoms with van der Waals surface area (Å²) in [5.41, 5.74) is 0.503. The molecule has 5 nitrogen and oxygen atoms in total. The lowest BCUT2D eigenvalue weighted by Gasteiger charge is -2.21. The fourth-order valence-corrected chi connectivity index (χ4v) is 4.13. The van der Waals surface area contributed by atoms with E-state index < -0.39 is 0 Å². The lowest BCUT2D eigenvalue weighted by atomic mass is 9.97. The fraction of sp³-hybridized carbons (Fsp3) is 0.636. The maximum Gasteiger partial charge on any atom is 0.258 e. The Kier molecular flexibility index (Phi) is 7.55. The van der Waals surface area contributed by atoms with E-state index >= 15 is 0 Å². The highest BCUT2D eigenvalue weighted by atomic mass is 16.5. The second-order valence-corrected chi connectivity index (χ2v) is 7.85. The van der Waals surface area contributed by atoms with Crippen LogP contribution >= 0.6 is 0 Å². The maximum absolute atomic E-state index is 12.6. The number of nitrogens with one attached hydrogen (secondary N) is 2. The molecule has 3 rings (SSSR count). The third-order valence-corrected chi connectivity index (χ3v) is 5.65. The molecule has 2 saturated carbocycles. The summed E-state index contributed by atoms with van der Waals surface area (Å²) in [4.78, 5) is 24.9. The molecule has 5 heteroatoms. The average Bonchev–Trinajstić information content (AvgIpc) is 3.15. The van der Waals surface area contributed by atoms with Gasteiger partial charge in [0.25, 0.3) is 11.8 Å². The largest absolute Gasteiger partial charge is 0.483 e. The molecule has 0 spiro atoms. The maximum atomic E-state index is 12.6. The quantitative estimate of drug-likeness (QED) is 0.794. The molecule has 2 aliphatic rings. The van der Waals surface area contributed by atoms with Crippen molar-refractivity contribution in [1.29, 1.82) is 0 Å². The molecule has 1 aromatic rings. The molecule has 0 aromatic heterocycles. The predicted molar refractivity (Wildman–Crippen MR) is 106 cm³/mol. The highest BCUT2D eigenvalue weighted by molar-refractivity contribution is 5.97. The average molecular weight is 373 g/mol. The van der Waals surface area contributed by atoms with Gasteiger partial charge in [0.2, 0.25) is 0 Å². The van der Waals surface area contributed by atoms with E-state index in [9.17, 15) is 9.59 Å². The molecule has 2 N–H and O–H groups in total. The number of ether oxygens (including phenoxy) is 1. The highest BCUT2D eigenvalue weighted by Crippen LogP contribution is 2.22. The van der Waals surface area contributed by atoms with Crippen LogP contribution in [0.4, 0.5) is 0 Å². The number of amides is 2. The molecule has 148 valence electrons. The van der Waals surface area contributed by atoms with E-state index in [2.05, 4.69) is 10.6 Å². The van der Waals surface area contributed by atoms with Crippen molar-refractivity contribution in [2.24, 2.45) is 0 Å². The smallest absolute Gasteiger partial charge is 0.258 e. The Labute approximate surface area is 162 Å². The Morgan fingerprint density at radius 1 is 0.815 bits per heavy atom. The number of benzene rings is 1. The van der Waals surface area contributed by atoms with E-state index in [1.807, 2.05) is 12.1 Å². The summed E-state index contributed by atoms with van der Waals surface area (Å²) in [5, 5.41) is 6.18. The van der Waals surface area contributed by atoms with Gasteiger partial charge < -0.3 is 15.4 Å². The van der Waals surface area contributed by atoms with Gasteiger partial charge in [-0.05, 0) is 37.8 Å². The molecular formula is C22H32N2O3. The van der Waals surface area contributed by atoms with Gasteiger partial charge in [0.1, 0.15) is 5.75 Å². The second-order valence-electron chi connectivity index (χ2n) is 7.85. The van der Waals surface area contributed by atoms with Crippen LogP contribution in [0.5, 0.6) is 5.75 Å². The molecule has 2 amide bonds. The van der Waals surface area contributed by atoms with Gasteiger partial charge >= 0.3 is 0 Å². The van der Waals surface area contributed by atoms with Gasteiger partial charge in [-0.1, -0.05) is 57.1 Å². The molecule has 1 aromatic carbocycles. The number of carbonyl (C=O) groups is 2. The van der Waals surface area contributed by atoms with Crippen LogP contribution in [0.3, 0.4) is 0 Å². The van der Waals surface area contributed by atoms with Gasteiger partial charge in [0.15, 0.2) is 6.61 Å². The molecule has 0 heterocycles. The van der Waals surface area contributed by atoms with Crippen LogP contribution in [0, 0.1) is 0 Å². The first-order valence-corrected chi connectivity index (χ1v) is 10.5. The minimum atomic E-state index is -0.113. The van der Waals surface area contributed by atoms with Crippen LogP contribution in [0.15, 0.2) is 24.3 Å². The number of rotatable bonds is 6. The van der Waals surface area contributed by atoms with Gasteiger partial charge in [-0.3, -0.25) is 9.59 Å². The first-order chi connectivity index (χ1) is 13.2. The van der Waals surface area contributed by atoms with Crippen LogP contribution in [0.1, 0.15) is 81.0 Å². The van der Waals surface area contributed by atoms with Crippen molar-refractivity contribution < 1.29 is 14.3 Å². The lowest BCUT2D eigenvalue weighted by molar-refractivity contribution is -0.123. The molecule has 0 bridgehead atoms. The Morgan fingerprint density at radius 2 is 1.37 bits per heavy atom. The summed E-state index contributed by atoms with van der Waals surface area (Å²) in [5.74, 6) is 0.255. The van der Waals surface area contributed by atoms with E-state index in [-0.39, 0.29) is 30.5 Å². The molecule has 27 heavy (non-hydrogen) atoms. The van der Waals surface area contributed by atoms with E-state index in [1.165, 1.54) is 44.9 Å². The summed E-state index contributed by atoms with van der Waals surface area (Å²) in [6.07, 6.45) is 12.7. The van der Waals surface area contributed by atoms with Crippen molar-refractivity contribution in [2.45, 2.75) is 82.7 Å². The molecule has 0 aliphatic heterocycles. The molecule has 0 atom stereocenters.